The summed E-state index contributed by atoms with van der Waals surface area (Å²) in [4.78, 5) is 17.0. The van der Waals surface area contributed by atoms with Crippen molar-refractivity contribution in [1.29, 1.82) is 0 Å². The summed E-state index contributed by atoms with van der Waals surface area (Å²) in [5.74, 6) is 1.20. The van der Waals surface area contributed by atoms with Gasteiger partial charge in [0.15, 0.2) is 0 Å². The van der Waals surface area contributed by atoms with Crippen LogP contribution >= 0.6 is 0 Å². The minimum absolute atomic E-state index is 0.137. The maximum atomic E-state index is 12.7. The first kappa shape index (κ1) is 18.2. The molecule has 1 aromatic carbocycles. The number of benzene rings is 1. The summed E-state index contributed by atoms with van der Waals surface area (Å²) in [6.07, 6.45) is 3.43. The molecule has 25 heavy (non-hydrogen) atoms. The van der Waals surface area contributed by atoms with Gasteiger partial charge in [0.2, 0.25) is 5.91 Å². The molecule has 5 heteroatoms. The molecule has 1 amide bonds. The minimum atomic E-state index is -0.187. The third-order valence-corrected chi connectivity index (χ3v) is 5.73. The highest BCUT2D eigenvalue weighted by Gasteiger charge is 2.33. The molecule has 0 radical (unpaired) electrons. The first-order valence-corrected chi connectivity index (χ1v) is 9.43. The van der Waals surface area contributed by atoms with Gasteiger partial charge in [-0.3, -0.25) is 9.69 Å². The van der Waals surface area contributed by atoms with E-state index in [-0.39, 0.29) is 17.9 Å². The number of amides is 1. The van der Waals surface area contributed by atoms with Crippen LogP contribution in [0.15, 0.2) is 24.3 Å². The van der Waals surface area contributed by atoms with Gasteiger partial charge < -0.3 is 14.7 Å². The Morgan fingerprint density at radius 2 is 1.96 bits per heavy atom. The minimum Gasteiger partial charge on any atom is -0.496 e. The summed E-state index contributed by atoms with van der Waals surface area (Å²) in [6, 6.07) is 8.22. The third-order valence-electron chi connectivity index (χ3n) is 5.73. The van der Waals surface area contributed by atoms with Gasteiger partial charge in [0, 0.05) is 38.6 Å². The molecule has 2 fully saturated rings. The summed E-state index contributed by atoms with van der Waals surface area (Å²) < 4.78 is 5.42. The van der Waals surface area contributed by atoms with Gasteiger partial charge in [0.1, 0.15) is 5.75 Å². The second-order valence-corrected chi connectivity index (χ2v) is 7.33. The summed E-state index contributed by atoms with van der Waals surface area (Å²) >= 11 is 0. The van der Waals surface area contributed by atoms with Crippen molar-refractivity contribution in [2.45, 2.75) is 50.7 Å². The molecule has 5 nitrogen and oxygen atoms in total. The van der Waals surface area contributed by atoms with Crippen molar-refractivity contribution >= 4 is 5.91 Å². The van der Waals surface area contributed by atoms with E-state index in [1.54, 1.807) is 7.11 Å². The second-order valence-electron chi connectivity index (χ2n) is 7.33. The van der Waals surface area contributed by atoms with Crippen molar-refractivity contribution in [3.8, 4) is 5.75 Å². The lowest BCUT2D eigenvalue weighted by Crippen LogP contribution is -2.53. The zero-order valence-electron chi connectivity index (χ0n) is 15.4. The van der Waals surface area contributed by atoms with Crippen molar-refractivity contribution in [1.82, 2.24) is 9.80 Å². The molecule has 0 aromatic heterocycles. The quantitative estimate of drug-likeness (QED) is 0.888. The monoisotopic (exact) mass is 346 g/mol. The first-order valence-electron chi connectivity index (χ1n) is 9.43. The molecular formula is C20H30N2O3. The second kappa shape index (κ2) is 8.19. The summed E-state index contributed by atoms with van der Waals surface area (Å²) in [5.41, 5.74) is 1.09. The Balaban J connectivity index is 1.52. The van der Waals surface area contributed by atoms with E-state index in [1.165, 1.54) is 0 Å². The molecule has 3 rings (SSSR count). The smallest absolute Gasteiger partial charge is 0.223 e. The number of aliphatic hydroxyl groups excluding tert-OH is 1. The molecular weight excluding hydrogens is 316 g/mol. The van der Waals surface area contributed by atoms with Crippen molar-refractivity contribution in [2.75, 3.05) is 33.3 Å². The van der Waals surface area contributed by atoms with Gasteiger partial charge in [0.25, 0.3) is 0 Å². The van der Waals surface area contributed by atoms with E-state index in [2.05, 4.69) is 11.8 Å². The van der Waals surface area contributed by atoms with Gasteiger partial charge in [-0.25, -0.2) is 0 Å². The van der Waals surface area contributed by atoms with Crippen LogP contribution in [0.25, 0.3) is 0 Å². The van der Waals surface area contributed by atoms with Crippen molar-refractivity contribution < 1.29 is 14.6 Å². The number of carbonyl (C=O) groups is 1. The Bertz CT molecular complexity index is 584. The fourth-order valence-corrected chi connectivity index (χ4v) is 4.22. The van der Waals surface area contributed by atoms with Crippen LogP contribution in [-0.2, 0) is 4.79 Å². The average Bonchev–Trinajstić information content (AvgIpc) is 3.07. The van der Waals surface area contributed by atoms with Gasteiger partial charge >= 0.3 is 0 Å². The number of carbonyl (C=O) groups excluding carboxylic acids is 1. The van der Waals surface area contributed by atoms with Crippen LogP contribution in [-0.4, -0.2) is 66.2 Å². The number of hydrogen-bond donors (Lipinski definition) is 1. The van der Waals surface area contributed by atoms with E-state index in [1.807, 2.05) is 29.2 Å². The highest BCUT2D eigenvalue weighted by molar-refractivity contribution is 5.77. The first-order chi connectivity index (χ1) is 12.1. The van der Waals surface area contributed by atoms with E-state index >= 15 is 0 Å². The van der Waals surface area contributed by atoms with Crippen LogP contribution < -0.4 is 4.74 Å². The maximum absolute atomic E-state index is 12.7. The number of methoxy groups -OCH3 is 1. The topological polar surface area (TPSA) is 53.0 Å². The summed E-state index contributed by atoms with van der Waals surface area (Å²) in [5, 5.41) is 10.1. The van der Waals surface area contributed by atoms with Crippen LogP contribution in [0.3, 0.4) is 0 Å². The van der Waals surface area contributed by atoms with E-state index in [9.17, 15) is 9.90 Å². The Morgan fingerprint density at radius 1 is 1.24 bits per heavy atom. The number of para-hydroxylation sites is 1. The third kappa shape index (κ3) is 4.15. The standard InChI is InChI=1S/C20H30N2O3/c1-15(16-6-3-4-9-19(16)25-2)14-20(24)22-12-10-21(11-13-22)17-7-5-8-18(17)23/h3-4,6,9,15,17-18,23H,5,7-8,10-14H2,1-2H3/t15-,17-,18-/m1/s1. The molecule has 1 saturated heterocycles. The number of hydrogen-bond acceptors (Lipinski definition) is 4. The van der Waals surface area contributed by atoms with Crippen LogP contribution in [0.4, 0.5) is 0 Å². The highest BCUT2D eigenvalue weighted by atomic mass is 16.5. The van der Waals surface area contributed by atoms with Crippen LogP contribution in [0.2, 0.25) is 0 Å². The van der Waals surface area contributed by atoms with Crippen molar-refractivity contribution in [2.24, 2.45) is 0 Å². The predicted molar refractivity (Wildman–Crippen MR) is 97.8 cm³/mol. The number of ether oxygens (including phenoxy) is 1. The lowest BCUT2D eigenvalue weighted by molar-refractivity contribution is -0.133. The lowest BCUT2D eigenvalue weighted by atomic mass is 9.96. The average molecular weight is 346 g/mol. The van der Waals surface area contributed by atoms with Crippen LogP contribution in [0, 0.1) is 0 Å². The molecule has 0 spiro atoms. The van der Waals surface area contributed by atoms with Crippen LogP contribution in [0.1, 0.15) is 44.1 Å². The Kier molecular flexibility index (Phi) is 5.97. The normalized spacial score (nSPS) is 25.8. The summed E-state index contributed by atoms with van der Waals surface area (Å²) in [7, 11) is 1.67. The van der Waals surface area contributed by atoms with Gasteiger partial charge in [-0.2, -0.15) is 0 Å². The number of rotatable bonds is 5. The molecule has 3 atom stereocenters. The maximum Gasteiger partial charge on any atom is 0.223 e. The number of nitrogens with zero attached hydrogens (tertiary/aromatic N) is 2. The van der Waals surface area contributed by atoms with E-state index in [0.717, 1.165) is 56.8 Å². The molecule has 0 bridgehead atoms. The van der Waals surface area contributed by atoms with Gasteiger partial charge in [-0.15, -0.1) is 0 Å². The largest absolute Gasteiger partial charge is 0.496 e. The molecule has 1 saturated carbocycles. The Morgan fingerprint density at radius 3 is 2.60 bits per heavy atom. The highest BCUT2D eigenvalue weighted by Crippen LogP contribution is 2.29. The number of aliphatic hydroxyl groups is 1. The van der Waals surface area contributed by atoms with Gasteiger partial charge in [-0.1, -0.05) is 25.1 Å². The lowest BCUT2D eigenvalue weighted by Gasteiger charge is -2.39. The fourth-order valence-electron chi connectivity index (χ4n) is 4.22. The van der Waals surface area contributed by atoms with Crippen molar-refractivity contribution in [3.05, 3.63) is 29.8 Å². The molecule has 138 valence electrons. The Labute approximate surface area is 150 Å². The Hall–Kier alpha value is -1.59. The molecule has 1 heterocycles. The molecule has 1 aliphatic carbocycles. The van der Waals surface area contributed by atoms with E-state index < -0.39 is 0 Å². The van der Waals surface area contributed by atoms with E-state index in [4.69, 9.17) is 4.74 Å². The molecule has 0 unspecified atom stereocenters. The fraction of sp³-hybridized carbons (Fsp3) is 0.650. The summed E-state index contributed by atoms with van der Waals surface area (Å²) in [6.45, 7) is 5.36. The molecule has 2 aliphatic rings. The zero-order valence-corrected chi connectivity index (χ0v) is 15.4. The predicted octanol–water partition coefficient (Wildman–Crippen LogP) is 2.25. The van der Waals surface area contributed by atoms with Crippen LogP contribution in [0.5, 0.6) is 5.75 Å². The molecule has 1 N–H and O–H groups in total. The van der Waals surface area contributed by atoms with E-state index in [0.29, 0.717) is 12.5 Å². The molecule has 1 aromatic rings. The zero-order chi connectivity index (χ0) is 17.8. The van der Waals surface area contributed by atoms with Crippen molar-refractivity contribution in [3.63, 3.8) is 0 Å². The SMILES string of the molecule is COc1ccccc1[C@H](C)CC(=O)N1CCN([C@@H]2CCC[C@H]2O)CC1. The number of piperazine rings is 1. The van der Waals surface area contributed by atoms with Gasteiger partial charge in [-0.05, 0) is 36.8 Å². The van der Waals surface area contributed by atoms with Gasteiger partial charge in [0.05, 0.1) is 13.2 Å². The molecule has 1 aliphatic heterocycles.